The third-order valence-corrected chi connectivity index (χ3v) is 3.26. The minimum Gasteiger partial charge on any atom is -0.493 e. The van der Waals surface area contributed by atoms with E-state index in [0.29, 0.717) is 43.7 Å². The number of nitrogens with zero attached hydrogens (tertiary/aromatic N) is 1. The van der Waals surface area contributed by atoms with Gasteiger partial charge in [-0.3, -0.25) is 4.79 Å². The second-order valence-electron chi connectivity index (χ2n) is 5.08. The van der Waals surface area contributed by atoms with Crippen LogP contribution in [0.4, 0.5) is 0 Å². The molecule has 1 rings (SSSR count). The van der Waals surface area contributed by atoms with Gasteiger partial charge in [-0.05, 0) is 24.6 Å². The van der Waals surface area contributed by atoms with E-state index >= 15 is 0 Å². The number of hydrogen-bond acceptors (Lipinski definition) is 5. The summed E-state index contributed by atoms with van der Waals surface area (Å²) < 4.78 is 15.4. The van der Waals surface area contributed by atoms with E-state index in [2.05, 4.69) is 20.9 Å². The quantitative estimate of drug-likeness (QED) is 0.201. The standard InChI is InChI=1S/C17H28N4O4.HI/c1-5-18-17(21-12-16(22)19-8-9-23-2)20-11-13-6-7-14(24-3)15(10-13)25-4;/h6-7,10H,5,8-9,11-12H2,1-4H3,(H,19,22)(H2,18,20,21);1H. The predicted octanol–water partition coefficient (Wildman–Crippen LogP) is 1.14. The predicted molar refractivity (Wildman–Crippen MR) is 113 cm³/mol. The fraction of sp³-hybridized carbons (Fsp3) is 0.529. The van der Waals surface area contributed by atoms with E-state index in [9.17, 15) is 4.79 Å². The van der Waals surface area contributed by atoms with Crippen molar-refractivity contribution < 1.29 is 19.0 Å². The zero-order valence-corrected chi connectivity index (χ0v) is 18.1. The lowest BCUT2D eigenvalue weighted by Crippen LogP contribution is -2.43. The molecule has 148 valence electrons. The van der Waals surface area contributed by atoms with Gasteiger partial charge in [0.05, 0.1) is 33.9 Å². The molecule has 0 atom stereocenters. The van der Waals surface area contributed by atoms with Crippen molar-refractivity contribution >= 4 is 35.8 Å². The zero-order chi connectivity index (χ0) is 18.5. The van der Waals surface area contributed by atoms with Gasteiger partial charge >= 0.3 is 0 Å². The second-order valence-corrected chi connectivity index (χ2v) is 5.08. The molecule has 9 heteroatoms. The van der Waals surface area contributed by atoms with Gasteiger partial charge in [-0.25, -0.2) is 4.99 Å². The van der Waals surface area contributed by atoms with Crippen molar-refractivity contribution in [3.05, 3.63) is 23.8 Å². The van der Waals surface area contributed by atoms with Crippen molar-refractivity contribution in [3.8, 4) is 11.5 Å². The lowest BCUT2D eigenvalue weighted by atomic mass is 10.2. The molecular weight excluding hydrogens is 451 g/mol. The van der Waals surface area contributed by atoms with Gasteiger partial charge in [0.2, 0.25) is 5.91 Å². The van der Waals surface area contributed by atoms with Gasteiger partial charge in [0.15, 0.2) is 17.5 Å². The van der Waals surface area contributed by atoms with Crippen molar-refractivity contribution in [3.63, 3.8) is 0 Å². The molecule has 0 fully saturated rings. The Kier molecular flexibility index (Phi) is 13.5. The van der Waals surface area contributed by atoms with Crippen LogP contribution in [0, 0.1) is 0 Å². The molecule has 0 aromatic heterocycles. The van der Waals surface area contributed by atoms with E-state index in [0.717, 1.165) is 5.56 Å². The summed E-state index contributed by atoms with van der Waals surface area (Å²) in [6.07, 6.45) is 0. The van der Waals surface area contributed by atoms with Gasteiger partial charge in [0.1, 0.15) is 0 Å². The number of hydrogen-bond donors (Lipinski definition) is 3. The number of amides is 1. The van der Waals surface area contributed by atoms with Gasteiger partial charge < -0.3 is 30.2 Å². The van der Waals surface area contributed by atoms with E-state index in [1.807, 2.05) is 25.1 Å². The molecule has 0 saturated heterocycles. The minimum absolute atomic E-state index is 0. The normalized spacial score (nSPS) is 10.5. The Morgan fingerprint density at radius 2 is 1.81 bits per heavy atom. The molecule has 1 aromatic carbocycles. The summed E-state index contributed by atoms with van der Waals surface area (Å²) in [6, 6.07) is 5.64. The Bertz CT molecular complexity index is 570. The van der Waals surface area contributed by atoms with E-state index in [1.54, 1.807) is 21.3 Å². The lowest BCUT2D eigenvalue weighted by molar-refractivity contribution is -0.120. The highest BCUT2D eigenvalue weighted by atomic mass is 127. The summed E-state index contributed by atoms with van der Waals surface area (Å²) >= 11 is 0. The summed E-state index contributed by atoms with van der Waals surface area (Å²) in [4.78, 5) is 16.2. The van der Waals surface area contributed by atoms with Crippen LogP contribution in [-0.2, 0) is 16.1 Å². The Morgan fingerprint density at radius 1 is 1.08 bits per heavy atom. The molecule has 0 radical (unpaired) electrons. The number of ether oxygens (including phenoxy) is 3. The number of aliphatic imine (C=N–C) groups is 1. The number of halogens is 1. The summed E-state index contributed by atoms with van der Waals surface area (Å²) in [5, 5.41) is 8.85. The minimum atomic E-state index is -0.117. The third kappa shape index (κ3) is 9.09. The van der Waals surface area contributed by atoms with Crippen LogP contribution < -0.4 is 25.4 Å². The lowest BCUT2D eigenvalue weighted by Gasteiger charge is -2.12. The number of benzene rings is 1. The fourth-order valence-electron chi connectivity index (χ4n) is 2.01. The summed E-state index contributed by atoms with van der Waals surface area (Å²) in [5.41, 5.74) is 0.972. The molecule has 0 unspecified atom stereocenters. The Balaban J connectivity index is 0.00000625. The van der Waals surface area contributed by atoms with Crippen LogP contribution in [0.15, 0.2) is 23.2 Å². The topological polar surface area (TPSA) is 93.2 Å². The van der Waals surface area contributed by atoms with Crippen molar-refractivity contribution in [2.75, 3.05) is 47.6 Å². The van der Waals surface area contributed by atoms with Crippen LogP contribution in [0.25, 0.3) is 0 Å². The van der Waals surface area contributed by atoms with Crippen LogP contribution in [0.3, 0.4) is 0 Å². The molecular formula is C17H29IN4O4. The van der Waals surface area contributed by atoms with Crippen LogP contribution in [0.1, 0.15) is 12.5 Å². The molecule has 3 N–H and O–H groups in total. The van der Waals surface area contributed by atoms with Gasteiger partial charge in [-0.1, -0.05) is 6.07 Å². The van der Waals surface area contributed by atoms with Crippen LogP contribution in [-0.4, -0.2) is 59.4 Å². The van der Waals surface area contributed by atoms with Gasteiger partial charge in [-0.2, -0.15) is 0 Å². The number of nitrogens with one attached hydrogen (secondary N) is 3. The Labute approximate surface area is 172 Å². The fourth-order valence-corrected chi connectivity index (χ4v) is 2.01. The molecule has 8 nitrogen and oxygen atoms in total. The first kappa shape index (κ1) is 24.2. The average Bonchev–Trinajstić information content (AvgIpc) is 2.63. The van der Waals surface area contributed by atoms with E-state index in [4.69, 9.17) is 14.2 Å². The number of methoxy groups -OCH3 is 3. The van der Waals surface area contributed by atoms with E-state index < -0.39 is 0 Å². The maximum Gasteiger partial charge on any atom is 0.239 e. The summed E-state index contributed by atoms with van der Waals surface area (Å²) in [5.74, 6) is 1.78. The second kappa shape index (κ2) is 14.4. The molecule has 0 aliphatic carbocycles. The van der Waals surface area contributed by atoms with E-state index in [1.165, 1.54) is 0 Å². The number of carbonyl (C=O) groups is 1. The first-order valence-corrected chi connectivity index (χ1v) is 8.13. The molecule has 0 aliphatic rings. The SMILES string of the molecule is CCNC(=NCc1ccc(OC)c(OC)c1)NCC(=O)NCCOC.I. The summed E-state index contributed by atoms with van der Waals surface area (Å²) in [7, 11) is 4.79. The highest BCUT2D eigenvalue weighted by Crippen LogP contribution is 2.27. The molecule has 1 amide bonds. The third-order valence-electron chi connectivity index (χ3n) is 3.26. The van der Waals surface area contributed by atoms with E-state index in [-0.39, 0.29) is 36.4 Å². The van der Waals surface area contributed by atoms with Crippen molar-refractivity contribution in [2.45, 2.75) is 13.5 Å². The maximum absolute atomic E-state index is 11.7. The summed E-state index contributed by atoms with van der Waals surface area (Å²) in [6.45, 7) is 4.22. The highest BCUT2D eigenvalue weighted by Gasteiger charge is 2.06. The smallest absolute Gasteiger partial charge is 0.239 e. The number of rotatable bonds is 10. The van der Waals surface area contributed by atoms with Crippen molar-refractivity contribution in [1.29, 1.82) is 0 Å². The molecule has 0 aliphatic heterocycles. The molecule has 1 aromatic rings. The van der Waals surface area contributed by atoms with Crippen molar-refractivity contribution in [2.24, 2.45) is 4.99 Å². The molecule has 0 bridgehead atoms. The first-order valence-electron chi connectivity index (χ1n) is 8.13. The van der Waals surface area contributed by atoms with Gasteiger partial charge in [-0.15, -0.1) is 24.0 Å². The van der Waals surface area contributed by atoms with Crippen LogP contribution in [0.2, 0.25) is 0 Å². The van der Waals surface area contributed by atoms with Gasteiger partial charge in [0.25, 0.3) is 0 Å². The number of guanidine groups is 1. The molecule has 0 spiro atoms. The Hall–Kier alpha value is -1.75. The average molecular weight is 480 g/mol. The molecule has 0 saturated carbocycles. The molecule has 0 heterocycles. The van der Waals surface area contributed by atoms with Crippen molar-refractivity contribution in [1.82, 2.24) is 16.0 Å². The zero-order valence-electron chi connectivity index (χ0n) is 15.8. The monoisotopic (exact) mass is 480 g/mol. The first-order chi connectivity index (χ1) is 12.1. The van der Waals surface area contributed by atoms with Crippen LogP contribution in [0.5, 0.6) is 11.5 Å². The Morgan fingerprint density at radius 3 is 2.42 bits per heavy atom. The largest absolute Gasteiger partial charge is 0.493 e. The highest BCUT2D eigenvalue weighted by molar-refractivity contribution is 14.0. The number of carbonyl (C=O) groups excluding carboxylic acids is 1. The molecule has 26 heavy (non-hydrogen) atoms. The van der Waals surface area contributed by atoms with Gasteiger partial charge in [0, 0.05) is 20.2 Å². The van der Waals surface area contributed by atoms with Crippen LogP contribution >= 0.6 is 24.0 Å². The maximum atomic E-state index is 11.7.